The molecule has 1 saturated heterocycles. The number of amides is 1. The van der Waals surface area contributed by atoms with Crippen LogP contribution < -0.4 is 16.0 Å². The summed E-state index contributed by atoms with van der Waals surface area (Å²) in [5, 5.41) is 9.77. The van der Waals surface area contributed by atoms with Crippen LogP contribution in [-0.2, 0) is 17.6 Å². The number of anilines is 1. The Kier molecular flexibility index (Phi) is 4.65. The first-order valence-electron chi connectivity index (χ1n) is 9.00. The number of nitrogens with one attached hydrogen (secondary N) is 3. The summed E-state index contributed by atoms with van der Waals surface area (Å²) in [4.78, 5) is 21.7. The molecule has 2 aromatic heterocycles. The molecule has 1 amide bonds. The molecule has 3 N–H and O–H groups in total. The van der Waals surface area contributed by atoms with E-state index in [4.69, 9.17) is 14.4 Å². The van der Waals surface area contributed by atoms with Gasteiger partial charge in [0.25, 0.3) is 0 Å². The molecule has 7 nitrogen and oxygen atoms in total. The molecule has 25 heavy (non-hydrogen) atoms. The maximum atomic E-state index is 12.3. The minimum Gasteiger partial charge on any atom is -0.461 e. The number of nitrogens with zero attached hydrogens (tertiary/aromatic N) is 2. The monoisotopic (exact) mass is 341 g/mol. The van der Waals surface area contributed by atoms with Crippen molar-refractivity contribution >= 4 is 11.7 Å². The third-order valence-electron chi connectivity index (χ3n) is 4.77. The van der Waals surface area contributed by atoms with Crippen LogP contribution in [0.3, 0.4) is 0 Å². The molecule has 132 valence electrons. The number of rotatable bonds is 3. The predicted octanol–water partition coefficient (Wildman–Crippen LogP) is 1.51. The largest absolute Gasteiger partial charge is 0.461 e. The third kappa shape index (κ3) is 3.51. The van der Waals surface area contributed by atoms with E-state index < -0.39 is 0 Å². The topological polar surface area (TPSA) is 92.1 Å². The lowest BCUT2D eigenvalue weighted by Crippen LogP contribution is -2.38. The first-order valence-corrected chi connectivity index (χ1v) is 9.00. The smallest absolute Gasteiger partial charge is 0.242 e. The summed E-state index contributed by atoms with van der Waals surface area (Å²) < 4.78 is 5.48. The lowest BCUT2D eigenvalue weighted by Gasteiger charge is -2.19. The van der Waals surface area contributed by atoms with Gasteiger partial charge in [-0.15, -0.1) is 0 Å². The van der Waals surface area contributed by atoms with Crippen LogP contribution in [0.25, 0.3) is 11.6 Å². The normalized spacial score (nSPS) is 21.0. The SMILES string of the molecule is O=C1NCCCC[C@H]1Nc1nc(-c2ccco2)nc2c1CCNCC2. The first kappa shape index (κ1) is 16.1. The van der Waals surface area contributed by atoms with Gasteiger partial charge < -0.3 is 20.4 Å². The molecular weight excluding hydrogens is 318 g/mol. The van der Waals surface area contributed by atoms with E-state index in [2.05, 4.69) is 16.0 Å². The molecule has 0 saturated carbocycles. The molecule has 4 heterocycles. The zero-order valence-electron chi connectivity index (χ0n) is 14.2. The van der Waals surface area contributed by atoms with E-state index >= 15 is 0 Å². The van der Waals surface area contributed by atoms with Gasteiger partial charge in [-0.2, -0.15) is 0 Å². The average Bonchev–Trinajstić information content (AvgIpc) is 2.95. The Bertz CT molecular complexity index is 744. The molecule has 0 aliphatic carbocycles. The van der Waals surface area contributed by atoms with Crippen molar-refractivity contribution in [3.05, 3.63) is 29.7 Å². The number of carbonyl (C=O) groups is 1. The van der Waals surface area contributed by atoms with E-state index in [1.54, 1.807) is 6.26 Å². The molecule has 2 aliphatic heterocycles. The molecule has 7 heteroatoms. The second-order valence-electron chi connectivity index (χ2n) is 6.53. The molecule has 1 atom stereocenters. The molecule has 0 spiro atoms. The van der Waals surface area contributed by atoms with Gasteiger partial charge in [0.1, 0.15) is 11.9 Å². The Morgan fingerprint density at radius 1 is 1.16 bits per heavy atom. The van der Waals surface area contributed by atoms with E-state index in [1.807, 2.05) is 12.1 Å². The van der Waals surface area contributed by atoms with Crippen LogP contribution in [0.4, 0.5) is 5.82 Å². The fraction of sp³-hybridized carbons (Fsp3) is 0.500. The standard InChI is InChI=1S/C18H23N5O2/c24-18-14(4-1-2-8-20-18)22-16-12-6-9-19-10-7-13(12)21-17(23-16)15-5-3-11-25-15/h3,5,11,14,19H,1-2,4,6-10H2,(H,20,24)(H,21,22,23)/t14-/m1/s1. The van der Waals surface area contributed by atoms with Crippen LogP contribution in [0.15, 0.2) is 22.8 Å². The molecule has 2 aliphatic rings. The van der Waals surface area contributed by atoms with Gasteiger partial charge >= 0.3 is 0 Å². The van der Waals surface area contributed by atoms with Crippen LogP contribution in [0.2, 0.25) is 0 Å². The summed E-state index contributed by atoms with van der Waals surface area (Å²) in [7, 11) is 0. The van der Waals surface area contributed by atoms with Crippen LogP contribution in [0.1, 0.15) is 30.5 Å². The van der Waals surface area contributed by atoms with Crippen molar-refractivity contribution in [1.82, 2.24) is 20.6 Å². The Morgan fingerprint density at radius 3 is 2.96 bits per heavy atom. The highest BCUT2D eigenvalue weighted by Crippen LogP contribution is 2.26. The highest BCUT2D eigenvalue weighted by Gasteiger charge is 2.24. The summed E-state index contributed by atoms with van der Waals surface area (Å²) >= 11 is 0. The lowest BCUT2D eigenvalue weighted by atomic mass is 10.1. The summed E-state index contributed by atoms with van der Waals surface area (Å²) in [6.45, 7) is 2.54. The summed E-state index contributed by atoms with van der Waals surface area (Å²) in [6, 6.07) is 3.44. The third-order valence-corrected chi connectivity index (χ3v) is 4.77. The molecule has 1 fully saturated rings. The van der Waals surface area contributed by atoms with Crippen molar-refractivity contribution < 1.29 is 9.21 Å². The van der Waals surface area contributed by atoms with E-state index in [1.165, 1.54) is 0 Å². The van der Waals surface area contributed by atoms with Crippen LogP contribution in [-0.4, -0.2) is 41.6 Å². The summed E-state index contributed by atoms with van der Waals surface area (Å²) in [6.07, 6.45) is 6.18. The van der Waals surface area contributed by atoms with E-state index in [0.29, 0.717) is 11.6 Å². The quantitative estimate of drug-likeness (QED) is 0.784. The van der Waals surface area contributed by atoms with Crippen LogP contribution in [0, 0.1) is 0 Å². The molecule has 0 unspecified atom stereocenters. The highest BCUT2D eigenvalue weighted by molar-refractivity contribution is 5.84. The van der Waals surface area contributed by atoms with Gasteiger partial charge in [-0.3, -0.25) is 4.79 Å². The predicted molar refractivity (Wildman–Crippen MR) is 94.3 cm³/mol. The van der Waals surface area contributed by atoms with Gasteiger partial charge in [0.05, 0.1) is 12.0 Å². The lowest BCUT2D eigenvalue weighted by molar-refractivity contribution is -0.121. The van der Waals surface area contributed by atoms with Gasteiger partial charge in [0.15, 0.2) is 11.6 Å². The van der Waals surface area contributed by atoms with Crippen molar-refractivity contribution in [2.45, 2.75) is 38.1 Å². The first-order chi connectivity index (χ1) is 12.3. The zero-order chi connectivity index (χ0) is 17.1. The number of furan rings is 1. The zero-order valence-corrected chi connectivity index (χ0v) is 14.2. The average molecular weight is 341 g/mol. The van der Waals surface area contributed by atoms with E-state index in [-0.39, 0.29) is 11.9 Å². The van der Waals surface area contributed by atoms with Crippen molar-refractivity contribution in [3.63, 3.8) is 0 Å². The number of hydrogen-bond acceptors (Lipinski definition) is 6. The maximum Gasteiger partial charge on any atom is 0.242 e. The Balaban J connectivity index is 1.71. The fourth-order valence-electron chi connectivity index (χ4n) is 3.42. The van der Waals surface area contributed by atoms with Gasteiger partial charge in [0, 0.05) is 25.1 Å². The number of aromatic nitrogens is 2. The van der Waals surface area contributed by atoms with Gasteiger partial charge in [-0.1, -0.05) is 0 Å². The second-order valence-corrected chi connectivity index (χ2v) is 6.53. The van der Waals surface area contributed by atoms with Gasteiger partial charge in [-0.05, 0) is 44.4 Å². The number of hydrogen-bond donors (Lipinski definition) is 3. The molecule has 0 bridgehead atoms. The van der Waals surface area contributed by atoms with E-state index in [9.17, 15) is 4.79 Å². The highest BCUT2D eigenvalue weighted by atomic mass is 16.3. The Labute approximate surface area is 146 Å². The minimum absolute atomic E-state index is 0.0520. The molecule has 0 aromatic carbocycles. The molecule has 0 radical (unpaired) electrons. The van der Waals surface area contributed by atoms with Crippen molar-refractivity contribution in [2.24, 2.45) is 0 Å². The number of fused-ring (bicyclic) bond motifs is 1. The molecular formula is C18H23N5O2. The summed E-state index contributed by atoms with van der Waals surface area (Å²) in [5.74, 6) is 2.04. The van der Waals surface area contributed by atoms with Gasteiger partial charge in [-0.25, -0.2) is 9.97 Å². The van der Waals surface area contributed by atoms with Crippen molar-refractivity contribution in [2.75, 3.05) is 25.0 Å². The maximum absolute atomic E-state index is 12.3. The van der Waals surface area contributed by atoms with Crippen LogP contribution in [0.5, 0.6) is 0 Å². The van der Waals surface area contributed by atoms with Gasteiger partial charge in [0.2, 0.25) is 5.91 Å². The molecule has 2 aromatic rings. The van der Waals surface area contributed by atoms with Crippen molar-refractivity contribution in [3.8, 4) is 11.6 Å². The van der Waals surface area contributed by atoms with E-state index in [0.717, 1.165) is 68.8 Å². The minimum atomic E-state index is -0.248. The Hall–Kier alpha value is -2.41. The number of carbonyl (C=O) groups excluding carboxylic acids is 1. The van der Waals surface area contributed by atoms with Crippen LogP contribution >= 0.6 is 0 Å². The second kappa shape index (κ2) is 7.23. The fourth-order valence-corrected chi connectivity index (χ4v) is 3.42. The molecule has 4 rings (SSSR count). The Morgan fingerprint density at radius 2 is 2.08 bits per heavy atom. The summed E-state index contributed by atoms with van der Waals surface area (Å²) in [5.41, 5.74) is 2.14. The van der Waals surface area contributed by atoms with Crippen molar-refractivity contribution in [1.29, 1.82) is 0 Å².